The van der Waals surface area contributed by atoms with E-state index < -0.39 is 0 Å². The molecule has 0 saturated heterocycles. The smallest absolute Gasteiger partial charge is 0.0465 e. The number of hydrogen-bond acceptors (Lipinski definition) is 1. The molecule has 0 radical (unpaired) electrons. The first kappa shape index (κ1) is 33.8. The number of para-hydroxylation sites is 1. The maximum absolute atomic E-state index is 3.56. The molecule has 1 unspecified atom stereocenters. The zero-order chi connectivity index (χ0) is 27.0. The quantitative estimate of drug-likeness (QED) is 0.241. The molecular formula is C34H58N2. The maximum atomic E-state index is 3.56. The van der Waals surface area contributed by atoms with Gasteiger partial charge in [0, 0.05) is 28.8 Å². The molecule has 0 aliphatic carbocycles. The highest BCUT2D eigenvalue weighted by molar-refractivity contribution is 5.86. The lowest BCUT2D eigenvalue weighted by Gasteiger charge is -2.12. The van der Waals surface area contributed by atoms with Gasteiger partial charge in [-0.15, -0.1) is 0 Å². The van der Waals surface area contributed by atoms with E-state index in [1.165, 1.54) is 92.1 Å². The van der Waals surface area contributed by atoms with Crippen molar-refractivity contribution in [2.45, 2.75) is 120 Å². The van der Waals surface area contributed by atoms with Crippen molar-refractivity contribution < 1.29 is 0 Å². The summed E-state index contributed by atoms with van der Waals surface area (Å²) in [5, 5.41) is 4.82. The van der Waals surface area contributed by atoms with Crippen molar-refractivity contribution in [2.75, 3.05) is 11.9 Å². The van der Waals surface area contributed by atoms with Crippen molar-refractivity contribution in [1.29, 1.82) is 0 Å². The van der Waals surface area contributed by atoms with Gasteiger partial charge in [-0.25, -0.2) is 0 Å². The fraction of sp³-hybridized carbons (Fsp3) is 0.588. The summed E-state index contributed by atoms with van der Waals surface area (Å²) in [7, 11) is 0. The molecule has 0 bridgehead atoms. The number of aromatic nitrogens is 1. The number of benzene rings is 2. The van der Waals surface area contributed by atoms with Crippen LogP contribution in [0, 0.1) is 5.92 Å². The van der Waals surface area contributed by atoms with Crippen molar-refractivity contribution in [3.8, 4) is 11.3 Å². The highest BCUT2D eigenvalue weighted by Crippen LogP contribution is 2.26. The highest BCUT2D eigenvalue weighted by Gasteiger charge is 2.04. The molecule has 0 amide bonds. The average Bonchev–Trinajstić information content (AvgIpc) is 3.35. The van der Waals surface area contributed by atoms with Crippen LogP contribution in [0.25, 0.3) is 22.2 Å². The van der Waals surface area contributed by atoms with Crippen LogP contribution < -0.4 is 5.32 Å². The summed E-state index contributed by atoms with van der Waals surface area (Å²) in [6.07, 6.45) is 13.4. The molecule has 2 nitrogen and oxygen atoms in total. The van der Waals surface area contributed by atoms with Crippen LogP contribution in [0.3, 0.4) is 0 Å². The van der Waals surface area contributed by atoms with Gasteiger partial charge in [-0.05, 0) is 42.2 Å². The molecule has 3 aromatic rings. The van der Waals surface area contributed by atoms with E-state index in [-0.39, 0.29) is 0 Å². The minimum Gasteiger partial charge on any atom is -0.385 e. The van der Waals surface area contributed by atoms with Gasteiger partial charge in [-0.3, -0.25) is 0 Å². The molecule has 2 heteroatoms. The van der Waals surface area contributed by atoms with Crippen molar-refractivity contribution in [2.24, 2.45) is 5.92 Å². The first-order valence-electron chi connectivity index (χ1n) is 15.0. The lowest BCUT2D eigenvalue weighted by atomic mass is 10.0. The molecule has 0 spiro atoms. The van der Waals surface area contributed by atoms with Crippen LogP contribution in [0.4, 0.5) is 5.69 Å². The number of fused-ring (bicyclic) bond motifs is 1. The lowest BCUT2D eigenvalue weighted by Crippen LogP contribution is -2.06. The second kappa shape index (κ2) is 23.2. The van der Waals surface area contributed by atoms with Crippen LogP contribution in [0.15, 0.2) is 54.6 Å². The third-order valence-electron chi connectivity index (χ3n) is 6.12. The Morgan fingerprint density at radius 1 is 0.694 bits per heavy atom. The molecule has 2 aromatic carbocycles. The second-order valence-corrected chi connectivity index (χ2v) is 9.52. The van der Waals surface area contributed by atoms with Crippen molar-refractivity contribution in [3.05, 3.63) is 54.6 Å². The number of anilines is 1. The van der Waals surface area contributed by atoms with Crippen LogP contribution in [0.5, 0.6) is 0 Å². The van der Waals surface area contributed by atoms with Gasteiger partial charge in [0.15, 0.2) is 0 Å². The van der Waals surface area contributed by atoms with Gasteiger partial charge in [0.05, 0.1) is 0 Å². The largest absolute Gasteiger partial charge is 0.385 e. The first-order chi connectivity index (χ1) is 17.6. The first-order valence-corrected chi connectivity index (χ1v) is 15.0. The predicted octanol–water partition coefficient (Wildman–Crippen LogP) is 11.9. The molecule has 36 heavy (non-hydrogen) atoms. The number of aromatic amines is 1. The Hall–Kier alpha value is -2.22. The number of H-pyrrole nitrogens is 1. The summed E-state index contributed by atoms with van der Waals surface area (Å²) < 4.78 is 0. The molecule has 0 fully saturated rings. The minimum atomic E-state index is 0.796. The maximum Gasteiger partial charge on any atom is 0.0465 e. The number of rotatable bonds is 12. The SMILES string of the molecule is CC.CCCC(C)CCNc1cccc(-c2cc3ccccc3[nH]2)c1.CCCCC.CCCCCC. The van der Waals surface area contributed by atoms with E-state index in [1.807, 2.05) is 13.8 Å². The molecule has 3 rings (SSSR count). The molecule has 0 saturated carbocycles. The van der Waals surface area contributed by atoms with Gasteiger partial charge in [0.1, 0.15) is 0 Å². The van der Waals surface area contributed by atoms with E-state index in [9.17, 15) is 0 Å². The molecule has 1 aromatic heterocycles. The van der Waals surface area contributed by atoms with Crippen LogP contribution in [0.2, 0.25) is 0 Å². The Labute approximate surface area is 224 Å². The number of unbranched alkanes of at least 4 members (excludes halogenated alkanes) is 5. The van der Waals surface area contributed by atoms with Gasteiger partial charge in [-0.1, -0.05) is 144 Å². The van der Waals surface area contributed by atoms with Gasteiger partial charge in [0.2, 0.25) is 0 Å². The number of hydrogen-bond donors (Lipinski definition) is 2. The van der Waals surface area contributed by atoms with Crippen molar-refractivity contribution in [1.82, 2.24) is 4.98 Å². The van der Waals surface area contributed by atoms with Gasteiger partial charge < -0.3 is 10.3 Å². The zero-order valence-electron chi connectivity index (χ0n) is 25.1. The summed E-state index contributed by atoms with van der Waals surface area (Å²) >= 11 is 0. The second-order valence-electron chi connectivity index (χ2n) is 9.52. The Balaban J connectivity index is 0.000000787. The van der Waals surface area contributed by atoms with E-state index in [0.29, 0.717) is 0 Å². The summed E-state index contributed by atoms with van der Waals surface area (Å²) in [5.41, 5.74) is 4.79. The fourth-order valence-corrected chi connectivity index (χ4v) is 3.98. The normalized spacial score (nSPS) is 10.8. The Morgan fingerprint density at radius 2 is 1.33 bits per heavy atom. The van der Waals surface area contributed by atoms with Gasteiger partial charge >= 0.3 is 0 Å². The Kier molecular flexibility index (Phi) is 21.8. The zero-order valence-corrected chi connectivity index (χ0v) is 25.1. The summed E-state index contributed by atoms with van der Waals surface area (Å²) in [5.74, 6) is 0.796. The lowest BCUT2D eigenvalue weighted by molar-refractivity contribution is 0.499. The van der Waals surface area contributed by atoms with Crippen molar-refractivity contribution >= 4 is 16.6 Å². The van der Waals surface area contributed by atoms with Gasteiger partial charge in [0.25, 0.3) is 0 Å². The summed E-state index contributed by atoms with van der Waals surface area (Å²) in [4.78, 5) is 3.50. The molecule has 1 atom stereocenters. The number of nitrogens with one attached hydrogen (secondary N) is 2. The molecule has 0 aliphatic heterocycles. The van der Waals surface area contributed by atoms with Crippen LogP contribution in [0.1, 0.15) is 120 Å². The third kappa shape index (κ3) is 15.0. The topological polar surface area (TPSA) is 27.8 Å². The highest BCUT2D eigenvalue weighted by atomic mass is 14.9. The monoisotopic (exact) mass is 494 g/mol. The standard InChI is InChI=1S/C21H26N2.C6H14.C5H12.C2H6/c1-3-7-16(2)12-13-22-19-10-6-9-17(14-19)21-15-18-8-4-5-11-20(18)23-21;1-3-5-6-4-2;1-3-5-4-2;1-2/h4-6,8-11,14-16,22-23H,3,7,12-13H2,1-2H3;3-6H2,1-2H3;3-5H2,1-2H3;1-2H3. The van der Waals surface area contributed by atoms with Crippen molar-refractivity contribution in [3.63, 3.8) is 0 Å². The molecular weight excluding hydrogens is 436 g/mol. The van der Waals surface area contributed by atoms with Gasteiger partial charge in [-0.2, -0.15) is 0 Å². The fourth-order valence-electron chi connectivity index (χ4n) is 3.98. The molecule has 0 aliphatic rings. The average molecular weight is 495 g/mol. The van der Waals surface area contributed by atoms with Crippen LogP contribution in [-0.4, -0.2) is 11.5 Å². The Morgan fingerprint density at radius 3 is 1.89 bits per heavy atom. The summed E-state index contributed by atoms with van der Waals surface area (Å²) in [6.45, 7) is 18.5. The Bertz CT molecular complexity index is 825. The molecule has 1 heterocycles. The summed E-state index contributed by atoms with van der Waals surface area (Å²) in [6, 6.07) is 19.3. The predicted molar refractivity (Wildman–Crippen MR) is 167 cm³/mol. The van der Waals surface area contributed by atoms with E-state index >= 15 is 0 Å². The molecule has 204 valence electrons. The van der Waals surface area contributed by atoms with E-state index in [4.69, 9.17) is 0 Å². The minimum absolute atomic E-state index is 0.796. The van der Waals surface area contributed by atoms with E-state index in [2.05, 4.69) is 106 Å². The third-order valence-corrected chi connectivity index (χ3v) is 6.12. The molecule has 2 N–H and O–H groups in total. The van der Waals surface area contributed by atoms with E-state index in [1.54, 1.807) is 0 Å². The van der Waals surface area contributed by atoms with E-state index in [0.717, 1.165) is 12.5 Å². The van der Waals surface area contributed by atoms with Crippen LogP contribution in [-0.2, 0) is 0 Å². The van der Waals surface area contributed by atoms with Crippen LogP contribution >= 0.6 is 0 Å².